The van der Waals surface area contributed by atoms with Crippen LogP contribution in [0.4, 0.5) is 0 Å². The van der Waals surface area contributed by atoms with Crippen LogP contribution in [0.25, 0.3) is 0 Å². The van der Waals surface area contributed by atoms with Crippen molar-refractivity contribution < 1.29 is 18.9 Å². The summed E-state index contributed by atoms with van der Waals surface area (Å²) in [6.45, 7) is 13.1. The molecule has 0 saturated carbocycles. The van der Waals surface area contributed by atoms with Crippen molar-refractivity contribution in [2.45, 2.75) is 54.0 Å². The second-order valence-corrected chi connectivity index (χ2v) is 8.12. The fraction of sp³-hybridized carbons (Fsp3) is 0.545. The van der Waals surface area contributed by atoms with Crippen LogP contribution in [-0.2, 0) is 11.2 Å². The second kappa shape index (κ2) is 8.55. The minimum absolute atomic E-state index is 0.0291. The Morgan fingerprint density at radius 2 is 1.73 bits per heavy atom. The van der Waals surface area contributed by atoms with Gasteiger partial charge in [-0.15, -0.1) is 0 Å². The second-order valence-electron chi connectivity index (χ2n) is 8.12. The van der Waals surface area contributed by atoms with Crippen LogP contribution in [-0.4, -0.2) is 69.6 Å². The Morgan fingerprint density at radius 1 is 1.10 bits per heavy atom. The maximum atomic E-state index is 13.1. The van der Waals surface area contributed by atoms with Crippen LogP contribution in [0.2, 0.25) is 0 Å². The molecule has 1 amide bonds. The first kappa shape index (κ1) is 22.0. The first-order valence-electron chi connectivity index (χ1n) is 10.3. The van der Waals surface area contributed by atoms with Crippen LogP contribution in [0.15, 0.2) is 4.52 Å². The molecule has 3 heterocycles. The third-order valence-corrected chi connectivity index (χ3v) is 6.14. The molecule has 0 radical (unpaired) electrons. The number of aromatic nitrogens is 2. The van der Waals surface area contributed by atoms with Crippen molar-refractivity contribution in [3.05, 3.63) is 39.5 Å². The quantitative estimate of drug-likeness (QED) is 0.729. The van der Waals surface area contributed by atoms with E-state index in [0.29, 0.717) is 48.8 Å². The molecule has 2 aromatic heterocycles. The Morgan fingerprint density at radius 3 is 2.23 bits per heavy atom. The predicted molar refractivity (Wildman–Crippen MR) is 112 cm³/mol. The molecule has 0 spiro atoms. The maximum Gasteiger partial charge on any atom is 0.227 e. The number of Topliss-reactive ketones (excluding diaryl/α,β-unsaturated/α-hetero) is 2. The molecule has 162 valence electrons. The number of hydrogen-bond acceptors (Lipinski definition) is 6. The summed E-state index contributed by atoms with van der Waals surface area (Å²) < 4.78 is 5.14. The van der Waals surface area contributed by atoms with Crippen molar-refractivity contribution >= 4 is 17.5 Å². The highest BCUT2D eigenvalue weighted by molar-refractivity contribution is 6.05. The van der Waals surface area contributed by atoms with Crippen LogP contribution >= 0.6 is 0 Å². The summed E-state index contributed by atoms with van der Waals surface area (Å²) in [5, 5.41) is 3.91. The van der Waals surface area contributed by atoms with Gasteiger partial charge in [-0.3, -0.25) is 19.3 Å². The molecule has 1 aliphatic heterocycles. The monoisotopic (exact) mass is 414 g/mol. The normalized spacial score (nSPS) is 16.0. The lowest BCUT2D eigenvalue weighted by molar-refractivity contribution is -0.132. The van der Waals surface area contributed by atoms with E-state index in [1.165, 1.54) is 6.92 Å². The van der Waals surface area contributed by atoms with E-state index in [9.17, 15) is 14.4 Å². The zero-order chi connectivity index (χ0) is 22.2. The summed E-state index contributed by atoms with van der Waals surface area (Å²) in [7, 11) is 0. The van der Waals surface area contributed by atoms with E-state index in [0.717, 1.165) is 17.0 Å². The first-order valence-corrected chi connectivity index (χ1v) is 10.3. The van der Waals surface area contributed by atoms with Crippen LogP contribution < -0.4 is 0 Å². The van der Waals surface area contributed by atoms with Crippen LogP contribution in [0.1, 0.15) is 63.0 Å². The summed E-state index contributed by atoms with van der Waals surface area (Å²) in [5.74, 6) is 0.655. The van der Waals surface area contributed by atoms with Gasteiger partial charge in [0.25, 0.3) is 0 Å². The topological polar surface area (TPSA) is 99.5 Å². The number of amides is 1. The molecule has 8 heteroatoms. The minimum Gasteiger partial charge on any atom is -0.361 e. The zero-order valence-electron chi connectivity index (χ0n) is 18.6. The third-order valence-electron chi connectivity index (χ3n) is 6.14. The van der Waals surface area contributed by atoms with Gasteiger partial charge in [-0.05, 0) is 47.1 Å². The SMILES string of the molecule is CC(=O)c1c(C)[nH]c(C(=O)C(C)N2CCN(C(=O)Cc3c(C)noc3C)CC2)c1C. The Balaban J connectivity index is 1.62. The number of carbonyl (C=O) groups excluding carboxylic acids is 3. The maximum absolute atomic E-state index is 13.1. The van der Waals surface area contributed by atoms with E-state index in [4.69, 9.17) is 4.52 Å². The fourth-order valence-electron chi connectivity index (χ4n) is 4.28. The fourth-order valence-corrected chi connectivity index (χ4v) is 4.28. The molecule has 8 nitrogen and oxygen atoms in total. The van der Waals surface area contributed by atoms with E-state index in [-0.39, 0.29) is 29.9 Å². The highest BCUT2D eigenvalue weighted by Crippen LogP contribution is 2.22. The number of piperazine rings is 1. The van der Waals surface area contributed by atoms with Gasteiger partial charge in [0.2, 0.25) is 5.91 Å². The molecule has 3 rings (SSSR count). The first-order chi connectivity index (χ1) is 14.1. The van der Waals surface area contributed by atoms with Crippen molar-refractivity contribution in [2.75, 3.05) is 26.2 Å². The van der Waals surface area contributed by atoms with E-state index in [1.54, 1.807) is 0 Å². The van der Waals surface area contributed by atoms with E-state index in [2.05, 4.69) is 15.0 Å². The molecular formula is C22H30N4O4. The van der Waals surface area contributed by atoms with Gasteiger partial charge in [-0.1, -0.05) is 5.16 Å². The molecule has 1 unspecified atom stereocenters. The molecule has 0 aromatic carbocycles. The molecule has 0 aliphatic carbocycles. The summed E-state index contributed by atoms with van der Waals surface area (Å²) in [5.41, 5.74) is 4.14. The van der Waals surface area contributed by atoms with Gasteiger partial charge in [0.1, 0.15) is 5.76 Å². The Kier molecular flexibility index (Phi) is 6.26. The molecule has 1 N–H and O–H groups in total. The van der Waals surface area contributed by atoms with Crippen molar-refractivity contribution in [2.24, 2.45) is 0 Å². The number of nitrogens with zero attached hydrogens (tertiary/aromatic N) is 3. The number of ketones is 2. The Hall–Kier alpha value is -2.74. The molecular weight excluding hydrogens is 384 g/mol. The summed E-state index contributed by atoms with van der Waals surface area (Å²) in [4.78, 5) is 44.6. The number of hydrogen-bond donors (Lipinski definition) is 1. The van der Waals surface area contributed by atoms with Gasteiger partial charge < -0.3 is 14.4 Å². The average Bonchev–Trinajstić information content (AvgIpc) is 3.19. The number of rotatable bonds is 6. The van der Waals surface area contributed by atoms with Gasteiger partial charge in [-0.2, -0.15) is 0 Å². The minimum atomic E-state index is -0.332. The van der Waals surface area contributed by atoms with Crippen molar-refractivity contribution in [3.8, 4) is 0 Å². The zero-order valence-corrected chi connectivity index (χ0v) is 18.6. The summed E-state index contributed by atoms with van der Waals surface area (Å²) in [6.07, 6.45) is 0.282. The average molecular weight is 415 g/mol. The van der Waals surface area contributed by atoms with Crippen molar-refractivity contribution in [3.63, 3.8) is 0 Å². The molecule has 0 bridgehead atoms. The van der Waals surface area contributed by atoms with Gasteiger partial charge in [0.15, 0.2) is 11.6 Å². The highest BCUT2D eigenvalue weighted by atomic mass is 16.5. The lowest BCUT2D eigenvalue weighted by Crippen LogP contribution is -2.53. The van der Waals surface area contributed by atoms with Crippen molar-refractivity contribution in [1.82, 2.24) is 19.9 Å². The third kappa shape index (κ3) is 4.09. The number of aromatic amines is 1. The summed E-state index contributed by atoms with van der Waals surface area (Å²) >= 11 is 0. The van der Waals surface area contributed by atoms with Crippen molar-refractivity contribution in [1.29, 1.82) is 0 Å². The number of aryl methyl sites for hydroxylation is 3. The van der Waals surface area contributed by atoms with Gasteiger partial charge in [-0.25, -0.2) is 0 Å². The molecule has 1 fully saturated rings. The molecule has 30 heavy (non-hydrogen) atoms. The Labute approximate surface area is 176 Å². The number of nitrogens with one attached hydrogen (secondary N) is 1. The standard InChI is InChI=1S/C22H30N4O4/c1-12-20(16(5)27)14(3)23-21(12)22(29)15(4)25-7-9-26(10-8-25)19(28)11-18-13(2)24-30-17(18)6/h15,23H,7-11H2,1-6H3. The Bertz CT molecular complexity index is 960. The van der Waals surface area contributed by atoms with E-state index < -0.39 is 0 Å². The largest absolute Gasteiger partial charge is 0.361 e. The molecule has 1 aliphatic rings. The number of carbonyl (C=O) groups is 3. The van der Waals surface area contributed by atoms with Crippen LogP contribution in [0, 0.1) is 27.7 Å². The molecule has 1 saturated heterocycles. The van der Waals surface area contributed by atoms with Gasteiger partial charge in [0.05, 0.1) is 23.9 Å². The smallest absolute Gasteiger partial charge is 0.227 e. The van der Waals surface area contributed by atoms with Crippen LogP contribution in [0.5, 0.6) is 0 Å². The van der Waals surface area contributed by atoms with Crippen LogP contribution in [0.3, 0.4) is 0 Å². The number of H-pyrrole nitrogens is 1. The van der Waals surface area contributed by atoms with Gasteiger partial charge in [0, 0.05) is 43.0 Å². The molecule has 2 aromatic rings. The predicted octanol–water partition coefficient (Wildman–Crippen LogP) is 2.40. The summed E-state index contributed by atoms with van der Waals surface area (Å²) in [6, 6.07) is -0.332. The lowest BCUT2D eigenvalue weighted by atomic mass is 10.0. The highest BCUT2D eigenvalue weighted by Gasteiger charge is 2.31. The van der Waals surface area contributed by atoms with E-state index in [1.807, 2.05) is 39.5 Å². The van der Waals surface area contributed by atoms with Gasteiger partial charge >= 0.3 is 0 Å². The molecule has 1 atom stereocenters. The van der Waals surface area contributed by atoms with E-state index >= 15 is 0 Å². The lowest BCUT2D eigenvalue weighted by Gasteiger charge is -2.37.